The summed E-state index contributed by atoms with van der Waals surface area (Å²) in [6.07, 6.45) is 0. The molecule has 4 nitrogen and oxygen atoms in total. The highest BCUT2D eigenvalue weighted by Gasteiger charge is 2.12. The second-order valence-electron chi connectivity index (χ2n) is 5.59. The van der Waals surface area contributed by atoms with Crippen LogP contribution in [0.15, 0.2) is 29.3 Å². The van der Waals surface area contributed by atoms with Crippen LogP contribution in [-0.2, 0) is 6.54 Å². The molecule has 0 aromatic heterocycles. The molecular formula is C16H25N3OS. The number of ether oxygens (including phenoxy) is 1. The van der Waals surface area contributed by atoms with E-state index < -0.39 is 0 Å². The lowest BCUT2D eigenvalue weighted by atomic mass is 10.2. The first-order valence-electron chi connectivity index (χ1n) is 7.50. The molecule has 0 bridgehead atoms. The van der Waals surface area contributed by atoms with Crippen molar-refractivity contribution in [2.45, 2.75) is 20.4 Å². The summed E-state index contributed by atoms with van der Waals surface area (Å²) < 4.78 is 5.85. The maximum absolute atomic E-state index is 6.09. The predicted octanol–water partition coefficient (Wildman–Crippen LogP) is 2.58. The summed E-state index contributed by atoms with van der Waals surface area (Å²) in [5, 5.41) is 0. The van der Waals surface area contributed by atoms with Crippen molar-refractivity contribution in [3.05, 3.63) is 29.8 Å². The van der Waals surface area contributed by atoms with Gasteiger partial charge in [-0.3, -0.25) is 0 Å². The van der Waals surface area contributed by atoms with E-state index in [0.29, 0.717) is 18.4 Å². The summed E-state index contributed by atoms with van der Waals surface area (Å²) in [5.41, 5.74) is 7.18. The van der Waals surface area contributed by atoms with Crippen LogP contribution in [0.25, 0.3) is 0 Å². The molecule has 0 spiro atoms. The first-order valence-corrected chi connectivity index (χ1v) is 8.65. The monoisotopic (exact) mass is 307 g/mol. The van der Waals surface area contributed by atoms with Gasteiger partial charge in [0, 0.05) is 30.2 Å². The van der Waals surface area contributed by atoms with E-state index >= 15 is 0 Å². The van der Waals surface area contributed by atoms with Crippen LogP contribution in [0.2, 0.25) is 0 Å². The summed E-state index contributed by atoms with van der Waals surface area (Å²) in [6.45, 7) is 7.57. The Morgan fingerprint density at radius 3 is 2.76 bits per heavy atom. The van der Waals surface area contributed by atoms with Crippen LogP contribution in [0.5, 0.6) is 5.75 Å². The standard InChI is InChI=1S/C16H25N3OS/c1-13(2)12-20-15-6-4-3-5-14(15)11-18-16(17)19-7-9-21-10-8-19/h3-6,13H,7-12H2,1-2H3,(H2,17,18). The van der Waals surface area contributed by atoms with E-state index in [-0.39, 0.29) is 0 Å². The van der Waals surface area contributed by atoms with Gasteiger partial charge in [0.05, 0.1) is 13.2 Å². The molecule has 5 heteroatoms. The number of hydrogen-bond acceptors (Lipinski definition) is 3. The van der Waals surface area contributed by atoms with Gasteiger partial charge in [0.1, 0.15) is 5.75 Å². The number of para-hydroxylation sites is 1. The van der Waals surface area contributed by atoms with E-state index in [1.54, 1.807) is 0 Å². The lowest BCUT2D eigenvalue weighted by Crippen LogP contribution is -2.42. The zero-order valence-corrected chi connectivity index (χ0v) is 13.7. The summed E-state index contributed by atoms with van der Waals surface area (Å²) >= 11 is 1.97. The number of nitrogens with zero attached hydrogens (tertiary/aromatic N) is 2. The van der Waals surface area contributed by atoms with E-state index in [1.807, 2.05) is 30.0 Å². The van der Waals surface area contributed by atoms with Gasteiger partial charge >= 0.3 is 0 Å². The molecule has 1 fully saturated rings. The largest absolute Gasteiger partial charge is 0.493 e. The third-order valence-corrected chi connectivity index (χ3v) is 4.23. The zero-order chi connectivity index (χ0) is 15.1. The van der Waals surface area contributed by atoms with Gasteiger partial charge in [-0.05, 0) is 12.0 Å². The molecule has 0 unspecified atom stereocenters. The highest BCUT2D eigenvalue weighted by Crippen LogP contribution is 2.20. The molecule has 0 saturated carbocycles. The number of aliphatic imine (C=N–C) groups is 1. The van der Waals surface area contributed by atoms with Crippen LogP contribution in [0.3, 0.4) is 0 Å². The summed E-state index contributed by atoms with van der Waals surface area (Å²) in [6, 6.07) is 8.06. The number of nitrogens with two attached hydrogens (primary N) is 1. The van der Waals surface area contributed by atoms with Gasteiger partial charge in [0.25, 0.3) is 0 Å². The third kappa shape index (κ3) is 5.16. The van der Waals surface area contributed by atoms with E-state index in [0.717, 1.165) is 42.5 Å². The van der Waals surface area contributed by atoms with E-state index in [2.05, 4.69) is 29.8 Å². The average molecular weight is 307 g/mol. The van der Waals surface area contributed by atoms with Gasteiger partial charge in [-0.2, -0.15) is 11.8 Å². The van der Waals surface area contributed by atoms with Gasteiger partial charge in [0.15, 0.2) is 5.96 Å². The molecule has 21 heavy (non-hydrogen) atoms. The van der Waals surface area contributed by atoms with Crippen LogP contribution in [0.4, 0.5) is 0 Å². The Morgan fingerprint density at radius 1 is 1.33 bits per heavy atom. The number of thioether (sulfide) groups is 1. The molecule has 2 rings (SSSR count). The van der Waals surface area contributed by atoms with Crippen molar-refractivity contribution >= 4 is 17.7 Å². The summed E-state index contributed by atoms with van der Waals surface area (Å²) in [4.78, 5) is 6.70. The molecular weight excluding hydrogens is 282 g/mol. The second-order valence-corrected chi connectivity index (χ2v) is 6.81. The normalized spacial score (nSPS) is 16.3. The quantitative estimate of drug-likeness (QED) is 0.671. The highest BCUT2D eigenvalue weighted by atomic mass is 32.2. The lowest BCUT2D eigenvalue weighted by Gasteiger charge is -2.27. The average Bonchev–Trinajstić information content (AvgIpc) is 2.52. The molecule has 1 saturated heterocycles. The number of rotatable bonds is 5. The Labute approximate surface area is 131 Å². The van der Waals surface area contributed by atoms with Crippen LogP contribution >= 0.6 is 11.8 Å². The Morgan fingerprint density at radius 2 is 2.05 bits per heavy atom. The molecule has 1 heterocycles. The van der Waals surface area contributed by atoms with E-state index in [1.165, 1.54) is 0 Å². The molecule has 0 atom stereocenters. The Hall–Kier alpha value is -1.36. The Bertz CT molecular complexity index is 470. The van der Waals surface area contributed by atoms with Crippen LogP contribution in [0, 0.1) is 5.92 Å². The maximum Gasteiger partial charge on any atom is 0.191 e. The Kier molecular flexibility index (Phi) is 6.23. The smallest absolute Gasteiger partial charge is 0.191 e. The minimum atomic E-state index is 0.512. The molecule has 1 aliphatic rings. The fourth-order valence-electron chi connectivity index (χ4n) is 2.09. The van der Waals surface area contributed by atoms with Crippen molar-refractivity contribution in [2.75, 3.05) is 31.2 Å². The van der Waals surface area contributed by atoms with E-state index in [9.17, 15) is 0 Å². The second kappa shape index (κ2) is 8.17. The highest BCUT2D eigenvalue weighted by molar-refractivity contribution is 7.99. The van der Waals surface area contributed by atoms with Crippen molar-refractivity contribution in [1.82, 2.24) is 4.90 Å². The number of guanidine groups is 1. The van der Waals surface area contributed by atoms with Crippen molar-refractivity contribution in [2.24, 2.45) is 16.6 Å². The Balaban J connectivity index is 1.98. The maximum atomic E-state index is 6.09. The molecule has 1 aromatic rings. The van der Waals surface area contributed by atoms with Gasteiger partial charge < -0.3 is 15.4 Å². The summed E-state index contributed by atoms with van der Waals surface area (Å²) in [5.74, 6) is 4.33. The molecule has 1 aromatic carbocycles. The van der Waals surface area contributed by atoms with Crippen LogP contribution in [0.1, 0.15) is 19.4 Å². The van der Waals surface area contributed by atoms with Gasteiger partial charge in [0.2, 0.25) is 0 Å². The first kappa shape index (κ1) is 16.0. The molecule has 0 amide bonds. The summed E-state index contributed by atoms with van der Waals surface area (Å²) in [7, 11) is 0. The van der Waals surface area contributed by atoms with Crippen molar-refractivity contribution in [1.29, 1.82) is 0 Å². The topological polar surface area (TPSA) is 50.9 Å². The SMILES string of the molecule is CC(C)COc1ccccc1CN=C(N)N1CCSCC1. The fourth-order valence-corrected chi connectivity index (χ4v) is 2.99. The van der Waals surface area contributed by atoms with Gasteiger partial charge in [-0.1, -0.05) is 32.0 Å². The zero-order valence-electron chi connectivity index (χ0n) is 12.9. The molecule has 0 radical (unpaired) electrons. The third-order valence-electron chi connectivity index (χ3n) is 3.29. The molecule has 2 N–H and O–H groups in total. The van der Waals surface area contributed by atoms with Gasteiger partial charge in [-0.15, -0.1) is 0 Å². The first-order chi connectivity index (χ1) is 10.2. The molecule has 116 valence electrons. The number of benzene rings is 1. The van der Waals surface area contributed by atoms with Gasteiger partial charge in [-0.25, -0.2) is 4.99 Å². The van der Waals surface area contributed by atoms with Crippen molar-refractivity contribution < 1.29 is 4.74 Å². The minimum absolute atomic E-state index is 0.512. The van der Waals surface area contributed by atoms with Crippen LogP contribution in [-0.4, -0.2) is 42.1 Å². The molecule has 0 aliphatic carbocycles. The van der Waals surface area contributed by atoms with Crippen LogP contribution < -0.4 is 10.5 Å². The molecule has 1 aliphatic heterocycles. The minimum Gasteiger partial charge on any atom is -0.493 e. The number of hydrogen-bond donors (Lipinski definition) is 1. The van der Waals surface area contributed by atoms with Crippen molar-refractivity contribution in [3.8, 4) is 5.75 Å². The van der Waals surface area contributed by atoms with Crippen molar-refractivity contribution in [3.63, 3.8) is 0 Å². The van der Waals surface area contributed by atoms with E-state index in [4.69, 9.17) is 10.5 Å². The fraction of sp³-hybridized carbons (Fsp3) is 0.562. The lowest BCUT2D eigenvalue weighted by molar-refractivity contribution is 0.268. The predicted molar refractivity (Wildman–Crippen MR) is 91.0 cm³/mol.